The zero-order valence-electron chi connectivity index (χ0n) is 12.2. The quantitative estimate of drug-likeness (QED) is 0.884. The number of nitrogens with one attached hydrogen (secondary N) is 2. The van der Waals surface area contributed by atoms with E-state index in [9.17, 15) is 4.79 Å². The smallest absolute Gasteiger partial charge is 0.241 e. The molecule has 1 aliphatic rings. The Labute approximate surface area is 119 Å². The lowest BCUT2D eigenvalue weighted by Crippen LogP contribution is -2.45. The minimum absolute atomic E-state index is 0.00349. The maximum Gasteiger partial charge on any atom is 0.241 e. The van der Waals surface area contributed by atoms with E-state index in [1.165, 1.54) is 0 Å². The minimum atomic E-state index is -0.119. The highest BCUT2D eigenvalue weighted by atomic mass is 16.5. The van der Waals surface area contributed by atoms with Crippen molar-refractivity contribution in [3.8, 4) is 11.5 Å². The van der Waals surface area contributed by atoms with Gasteiger partial charge in [0.25, 0.3) is 0 Å². The number of piperidine rings is 1. The number of methoxy groups -OCH3 is 2. The molecule has 0 aromatic heterocycles. The van der Waals surface area contributed by atoms with Crippen molar-refractivity contribution in [1.82, 2.24) is 5.32 Å². The first-order chi connectivity index (χ1) is 9.63. The molecule has 2 rings (SSSR count). The van der Waals surface area contributed by atoms with E-state index in [1.807, 2.05) is 6.07 Å². The van der Waals surface area contributed by atoms with Gasteiger partial charge in [0.05, 0.1) is 20.3 Å². The molecular weight excluding hydrogens is 256 g/mol. The number of hydrogen-bond acceptors (Lipinski definition) is 4. The van der Waals surface area contributed by atoms with Gasteiger partial charge in [-0.05, 0) is 37.4 Å². The van der Waals surface area contributed by atoms with Crippen molar-refractivity contribution in [3.63, 3.8) is 0 Å². The lowest BCUT2D eigenvalue weighted by Gasteiger charge is -2.27. The molecule has 5 nitrogen and oxygen atoms in total. The van der Waals surface area contributed by atoms with Crippen LogP contribution in [0, 0.1) is 5.92 Å². The number of carbonyl (C=O) groups is 1. The average molecular weight is 278 g/mol. The second kappa shape index (κ2) is 6.61. The van der Waals surface area contributed by atoms with E-state index in [4.69, 9.17) is 9.47 Å². The Morgan fingerprint density at radius 2 is 2.05 bits per heavy atom. The predicted molar refractivity (Wildman–Crippen MR) is 78.4 cm³/mol. The SMILES string of the molecule is COc1ccc(NC(=O)C2CC(C)CCN2)cc1OC. The van der Waals surface area contributed by atoms with E-state index >= 15 is 0 Å². The van der Waals surface area contributed by atoms with E-state index in [0.29, 0.717) is 23.1 Å². The summed E-state index contributed by atoms with van der Waals surface area (Å²) in [4.78, 5) is 12.2. The Bertz CT molecular complexity index is 476. The summed E-state index contributed by atoms with van der Waals surface area (Å²) in [5, 5.41) is 6.17. The molecule has 0 saturated carbocycles. The molecule has 5 heteroatoms. The van der Waals surface area contributed by atoms with Crippen LogP contribution in [-0.2, 0) is 4.79 Å². The topological polar surface area (TPSA) is 59.6 Å². The molecule has 2 atom stereocenters. The Balaban J connectivity index is 2.03. The van der Waals surface area contributed by atoms with Crippen LogP contribution < -0.4 is 20.1 Å². The van der Waals surface area contributed by atoms with Gasteiger partial charge in [-0.3, -0.25) is 4.79 Å². The second-order valence-electron chi connectivity index (χ2n) is 5.20. The third kappa shape index (κ3) is 3.42. The highest BCUT2D eigenvalue weighted by Crippen LogP contribution is 2.30. The first-order valence-electron chi connectivity index (χ1n) is 6.90. The number of anilines is 1. The van der Waals surface area contributed by atoms with Crippen molar-refractivity contribution in [2.24, 2.45) is 5.92 Å². The summed E-state index contributed by atoms with van der Waals surface area (Å²) in [6.07, 6.45) is 2.00. The van der Waals surface area contributed by atoms with Crippen LogP contribution in [0.15, 0.2) is 18.2 Å². The second-order valence-corrected chi connectivity index (χ2v) is 5.20. The lowest BCUT2D eigenvalue weighted by atomic mass is 9.94. The molecule has 1 saturated heterocycles. The molecule has 2 N–H and O–H groups in total. The monoisotopic (exact) mass is 278 g/mol. The fraction of sp³-hybridized carbons (Fsp3) is 0.533. The number of carbonyl (C=O) groups excluding carboxylic acids is 1. The standard InChI is InChI=1S/C15H22N2O3/c1-10-6-7-16-12(8-10)15(18)17-11-4-5-13(19-2)14(9-11)20-3/h4-5,9-10,12,16H,6-8H2,1-3H3,(H,17,18). The average Bonchev–Trinajstić information content (AvgIpc) is 2.47. The summed E-state index contributed by atoms with van der Waals surface area (Å²) >= 11 is 0. The van der Waals surface area contributed by atoms with E-state index in [2.05, 4.69) is 17.6 Å². The molecule has 0 aliphatic carbocycles. The van der Waals surface area contributed by atoms with Crippen molar-refractivity contribution in [3.05, 3.63) is 18.2 Å². The van der Waals surface area contributed by atoms with Crippen LogP contribution in [0.2, 0.25) is 0 Å². The first-order valence-corrected chi connectivity index (χ1v) is 6.90. The van der Waals surface area contributed by atoms with Crippen LogP contribution in [0.4, 0.5) is 5.69 Å². The molecule has 0 radical (unpaired) electrons. The van der Waals surface area contributed by atoms with Gasteiger partial charge in [0.2, 0.25) is 5.91 Å². The van der Waals surface area contributed by atoms with Gasteiger partial charge < -0.3 is 20.1 Å². The van der Waals surface area contributed by atoms with Crippen molar-refractivity contribution < 1.29 is 14.3 Å². The van der Waals surface area contributed by atoms with E-state index in [1.54, 1.807) is 26.4 Å². The summed E-state index contributed by atoms with van der Waals surface area (Å²) in [6, 6.07) is 5.24. The Kier molecular flexibility index (Phi) is 4.84. The van der Waals surface area contributed by atoms with Gasteiger partial charge in [-0.25, -0.2) is 0 Å². The van der Waals surface area contributed by atoms with Gasteiger partial charge >= 0.3 is 0 Å². The van der Waals surface area contributed by atoms with Crippen molar-refractivity contribution >= 4 is 11.6 Å². The molecule has 0 bridgehead atoms. The Morgan fingerprint density at radius 3 is 2.70 bits per heavy atom. The molecule has 2 unspecified atom stereocenters. The zero-order valence-corrected chi connectivity index (χ0v) is 12.2. The molecule has 1 amide bonds. The summed E-state index contributed by atoms with van der Waals surface area (Å²) in [7, 11) is 3.16. The number of hydrogen-bond donors (Lipinski definition) is 2. The fourth-order valence-electron chi connectivity index (χ4n) is 2.45. The Morgan fingerprint density at radius 1 is 1.30 bits per heavy atom. The van der Waals surface area contributed by atoms with E-state index in [0.717, 1.165) is 19.4 Å². The molecule has 1 aromatic rings. The molecule has 1 aliphatic heterocycles. The normalized spacial score (nSPS) is 22.1. The van der Waals surface area contributed by atoms with Gasteiger partial charge in [0.15, 0.2) is 11.5 Å². The zero-order chi connectivity index (χ0) is 14.5. The van der Waals surface area contributed by atoms with Crippen molar-refractivity contribution in [2.45, 2.75) is 25.8 Å². The molecule has 1 aromatic carbocycles. The molecule has 1 heterocycles. The van der Waals surface area contributed by atoms with Crippen LogP contribution in [-0.4, -0.2) is 32.7 Å². The number of amides is 1. The largest absolute Gasteiger partial charge is 0.493 e. The highest BCUT2D eigenvalue weighted by Gasteiger charge is 2.24. The summed E-state index contributed by atoms with van der Waals surface area (Å²) in [5.41, 5.74) is 0.715. The molecule has 1 fully saturated rings. The third-order valence-corrected chi connectivity index (χ3v) is 3.63. The predicted octanol–water partition coefficient (Wildman–Crippen LogP) is 2.03. The molecule has 20 heavy (non-hydrogen) atoms. The van der Waals surface area contributed by atoms with Crippen LogP contribution in [0.1, 0.15) is 19.8 Å². The third-order valence-electron chi connectivity index (χ3n) is 3.63. The van der Waals surface area contributed by atoms with Crippen LogP contribution in [0.25, 0.3) is 0 Å². The van der Waals surface area contributed by atoms with Crippen molar-refractivity contribution in [2.75, 3.05) is 26.1 Å². The summed E-state index contributed by atoms with van der Waals surface area (Å²) in [5.74, 6) is 1.84. The van der Waals surface area contributed by atoms with Crippen LogP contribution in [0.5, 0.6) is 11.5 Å². The number of ether oxygens (including phenoxy) is 2. The van der Waals surface area contributed by atoms with E-state index < -0.39 is 0 Å². The van der Waals surface area contributed by atoms with Crippen LogP contribution >= 0.6 is 0 Å². The van der Waals surface area contributed by atoms with Gasteiger partial charge in [0, 0.05) is 11.8 Å². The van der Waals surface area contributed by atoms with E-state index in [-0.39, 0.29) is 11.9 Å². The number of rotatable bonds is 4. The van der Waals surface area contributed by atoms with Crippen LogP contribution in [0.3, 0.4) is 0 Å². The Hall–Kier alpha value is -1.75. The van der Waals surface area contributed by atoms with Gasteiger partial charge in [0.1, 0.15) is 0 Å². The summed E-state index contributed by atoms with van der Waals surface area (Å²) < 4.78 is 10.4. The van der Waals surface area contributed by atoms with Gasteiger partial charge in [-0.1, -0.05) is 6.92 Å². The summed E-state index contributed by atoms with van der Waals surface area (Å²) in [6.45, 7) is 3.07. The molecule has 110 valence electrons. The molecular formula is C15H22N2O3. The maximum absolute atomic E-state index is 12.2. The highest BCUT2D eigenvalue weighted by molar-refractivity contribution is 5.95. The molecule has 0 spiro atoms. The number of benzene rings is 1. The minimum Gasteiger partial charge on any atom is -0.493 e. The maximum atomic E-state index is 12.2. The van der Waals surface area contributed by atoms with Crippen molar-refractivity contribution in [1.29, 1.82) is 0 Å². The first kappa shape index (κ1) is 14.7. The lowest BCUT2D eigenvalue weighted by molar-refractivity contribution is -0.119. The van der Waals surface area contributed by atoms with Gasteiger partial charge in [-0.15, -0.1) is 0 Å². The fourth-order valence-corrected chi connectivity index (χ4v) is 2.45. The van der Waals surface area contributed by atoms with Gasteiger partial charge in [-0.2, -0.15) is 0 Å².